The lowest BCUT2D eigenvalue weighted by atomic mass is 9.92. The maximum atomic E-state index is 10.7. The van der Waals surface area contributed by atoms with Gasteiger partial charge in [-0.05, 0) is 25.7 Å². The van der Waals surface area contributed by atoms with Crippen molar-refractivity contribution in [1.82, 2.24) is 4.90 Å². The Bertz CT molecular complexity index is 386. The fourth-order valence-electron chi connectivity index (χ4n) is 2.68. The second-order valence-electron chi connectivity index (χ2n) is 5.11. The average molecular weight is 263 g/mol. The number of hydrogen-bond acceptors (Lipinski definition) is 4. The van der Waals surface area contributed by atoms with E-state index in [0.29, 0.717) is 12.4 Å². The van der Waals surface area contributed by atoms with Gasteiger partial charge in [0.25, 0.3) is 6.47 Å². The molecule has 104 valence electrons. The number of rotatable bonds is 5. The van der Waals surface area contributed by atoms with Crippen LogP contribution in [0.5, 0.6) is 0 Å². The van der Waals surface area contributed by atoms with Gasteiger partial charge in [0.1, 0.15) is 0 Å². The molecular weight excluding hydrogens is 242 g/mol. The Hall–Kier alpha value is -1.39. The molecule has 1 N–H and O–H groups in total. The molecule has 4 heteroatoms. The summed E-state index contributed by atoms with van der Waals surface area (Å²) in [5.41, 5.74) is 0.991. The van der Waals surface area contributed by atoms with Crippen LogP contribution in [0.2, 0.25) is 0 Å². The van der Waals surface area contributed by atoms with Crippen molar-refractivity contribution in [2.24, 2.45) is 5.92 Å². The lowest BCUT2D eigenvalue weighted by Crippen LogP contribution is -2.40. The summed E-state index contributed by atoms with van der Waals surface area (Å²) in [6, 6.07) is 9.77. The van der Waals surface area contributed by atoms with E-state index >= 15 is 0 Å². The summed E-state index contributed by atoms with van der Waals surface area (Å²) in [6.45, 7) is 4.03. The first-order valence-corrected chi connectivity index (χ1v) is 6.78. The Balaban J connectivity index is 2.03. The van der Waals surface area contributed by atoms with E-state index in [-0.39, 0.29) is 12.3 Å². The van der Waals surface area contributed by atoms with Gasteiger partial charge in [0.15, 0.2) is 6.23 Å². The highest BCUT2D eigenvalue weighted by molar-refractivity contribution is 5.38. The van der Waals surface area contributed by atoms with Crippen LogP contribution in [-0.2, 0) is 9.53 Å². The molecule has 1 aromatic rings. The van der Waals surface area contributed by atoms with Gasteiger partial charge < -0.3 is 9.84 Å². The summed E-state index contributed by atoms with van der Waals surface area (Å²) in [6.07, 6.45) is 1.30. The molecule has 2 atom stereocenters. The van der Waals surface area contributed by atoms with E-state index in [4.69, 9.17) is 4.74 Å². The van der Waals surface area contributed by atoms with E-state index < -0.39 is 0 Å². The number of likely N-dealkylation sites (tertiary alicyclic amines) is 1. The first-order chi connectivity index (χ1) is 9.22. The largest absolute Gasteiger partial charge is 0.444 e. The Morgan fingerprint density at radius 2 is 1.95 bits per heavy atom. The minimum atomic E-state index is -0.311. The fourth-order valence-corrected chi connectivity index (χ4v) is 2.68. The predicted octanol–water partition coefficient (Wildman–Crippen LogP) is 1.95. The summed E-state index contributed by atoms with van der Waals surface area (Å²) < 4.78 is 5.25. The molecule has 19 heavy (non-hydrogen) atoms. The summed E-state index contributed by atoms with van der Waals surface area (Å²) >= 11 is 0. The number of benzene rings is 1. The summed E-state index contributed by atoms with van der Waals surface area (Å²) in [5, 5.41) is 9.62. The number of aliphatic hydroxyl groups is 1. The third-order valence-corrected chi connectivity index (χ3v) is 3.86. The number of carbonyl (C=O) groups is 1. The first-order valence-electron chi connectivity index (χ1n) is 6.78. The van der Waals surface area contributed by atoms with Crippen LogP contribution in [0.1, 0.15) is 31.6 Å². The summed E-state index contributed by atoms with van der Waals surface area (Å²) in [7, 11) is 0. The van der Waals surface area contributed by atoms with Crippen LogP contribution < -0.4 is 0 Å². The minimum Gasteiger partial charge on any atom is -0.444 e. The molecule has 0 aliphatic carbocycles. The fraction of sp³-hybridized carbons (Fsp3) is 0.533. The molecule has 2 rings (SSSR count). The van der Waals surface area contributed by atoms with Gasteiger partial charge in [-0.15, -0.1) is 0 Å². The molecule has 1 saturated heterocycles. The summed E-state index contributed by atoms with van der Waals surface area (Å²) in [5.74, 6) is 0.351. The lowest BCUT2D eigenvalue weighted by molar-refractivity contribution is -0.146. The highest BCUT2D eigenvalue weighted by Gasteiger charge is 2.28. The quantitative estimate of drug-likeness (QED) is 0.825. The third-order valence-electron chi connectivity index (χ3n) is 3.86. The van der Waals surface area contributed by atoms with Crippen LogP contribution in [0.4, 0.5) is 0 Å². The zero-order valence-electron chi connectivity index (χ0n) is 11.2. The maximum absolute atomic E-state index is 10.7. The average Bonchev–Trinajstić information content (AvgIpc) is 2.46. The highest BCUT2D eigenvalue weighted by Crippen LogP contribution is 2.28. The van der Waals surface area contributed by atoms with Gasteiger partial charge >= 0.3 is 0 Å². The topological polar surface area (TPSA) is 49.8 Å². The molecule has 0 radical (unpaired) electrons. The molecule has 0 aromatic heterocycles. The smallest absolute Gasteiger partial charge is 0.294 e. The molecule has 1 aromatic carbocycles. The van der Waals surface area contributed by atoms with Gasteiger partial charge in [0.2, 0.25) is 0 Å². The number of aliphatic hydroxyl groups excluding tert-OH is 1. The minimum absolute atomic E-state index is 0.260. The van der Waals surface area contributed by atoms with Gasteiger partial charge in [-0.3, -0.25) is 9.69 Å². The van der Waals surface area contributed by atoms with Gasteiger partial charge in [-0.1, -0.05) is 30.3 Å². The Labute approximate surface area is 114 Å². The van der Waals surface area contributed by atoms with E-state index in [2.05, 4.69) is 4.90 Å². The molecule has 2 unspecified atom stereocenters. The molecule has 0 bridgehead atoms. The number of hydrogen-bond donors (Lipinski definition) is 1. The third kappa shape index (κ3) is 3.55. The van der Waals surface area contributed by atoms with Crippen LogP contribution in [0.3, 0.4) is 0 Å². The zero-order valence-corrected chi connectivity index (χ0v) is 11.2. The molecule has 1 heterocycles. The van der Waals surface area contributed by atoms with E-state index in [1.807, 2.05) is 37.3 Å². The van der Waals surface area contributed by atoms with Crippen molar-refractivity contribution in [1.29, 1.82) is 0 Å². The number of carbonyl (C=O) groups excluding carboxylic acids is 1. The molecular formula is C15H21NO3. The van der Waals surface area contributed by atoms with Gasteiger partial charge in [-0.25, -0.2) is 0 Å². The Morgan fingerprint density at radius 1 is 1.32 bits per heavy atom. The van der Waals surface area contributed by atoms with Crippen LogP contribution in [0.25, 0.3) is 0 Å². The number of nitrogens with zero attached hydrogens (tertiary/aromatic N) is 1. The SMILES string of the molecule is CC(O)C1CCN(C(OC=O)c2ccccc2)CC1. The van der Waals surface area contributed by atoms with Crippen LogP contribution >= 0.6 is 0 Å². The van der Waals surface area contributed by atoms with E-state index in [9.17, 15) is 9.90 Å². The lowest BCUT2D eigenvalue weighted by Gasteiger charge is -2.37. The van der Waals surface area contributed by atoms with Crippen LogP contribution in [0, 0.1) is 5.92 Å². The number of piperidine rings is 1. The Morgan fingerprint density at radius 3 is 2.47 bits per heavy atom. The van der Waals surface area contributed by atoms with Crippen molar-refractivity contribution in [3.8, 4) is 0 Å². The first kappa shape index (κ1) is 14.0. The number of ether oxygens (including phenoxy) is 1. The van der Waals surface area contributed by atoms with Crippen molar-refractivity contribution in [3.63, 3.8) is 0 Å². The van der Waals surface area contributed by atoms with E-state index in [0.717, 1.165) is 31.5 Å². The van der Waals surface area contributed by atoms with Crippen molar-refractivity contribution in [3.05, 3.63) is 35.9 Å². The molecule has 1 aliphatic heterocycles. The molecule has 0 amide bonds. The zero-order chi connectivity index (χ0) is 13.7. The van der Waals surface area contributed by atoms with Crippen LogP contribution in [0.15, 0.2) is 30.3 Å². The molecule has 0 spiro atoms. The van der Waals surface area contributed by atoms with Gasteiger partial charge in [-0.2, -0.15) is 0 Å². The van der Waals surface area contributed by atoms with E-state index in [1.165, 1.54) is 0 Å². The van der Waals surface area contributed by atoms with Gasteiger partial charge in [0, 0.05) is 18.7 Å². The molecule has 0 saturated carbocycles. The van der Waals surface area contributed by atoms with Crippen LogP contribution in [-0.4, -0.2) is 35.7 Å². The molecule has 1 fully saturated rings. The molecule has 4 nitrogen and oxygen atoms in total. The monoisotopic (exact) mass is 263 g/mol. The van der Waals surface area contributed by atoms with Crippen molar-refractivity contribution in [2.75, 3.05) is 13.1 Å². The molecule has 1 aliphatic rings. The highest BCUT2D eigenvalue weighted by atomic mass is 16.5. The predicted molar refractivity (Wildman–Crippen MR) is 72.3 cm³/mol. The van der Waals surface area contributed by atoms with E-state index in [1.54, 1.807) is 0 Å². The van der Waals surface area contributed by atoms with Gasteiger partial charge in [0.05, 0.1) is 6.10 Å². The summed E-state index contributed by atoms with van der Waals surface area (Å²) in [4.78, 5) is 12.9. The second-order valence-corrected chi connectivity index (χ2v) is 5.11. The standard InChI is InChI=1S/C15H21NO3/c1-12(18)13-7-9-16(10-8-13)15(19-11-17)14-5-3-2-4-6-14/h2-6,11-13,15,18H,7-10H2,1H3. The van der Waals surface area contributed by atoms with Crippen molar-refractivity contribution < 1.29 is 14.6 Å². The Kier molecular flexibility index (Phi) is 4.93. The maximum Gasteiger partial charge on any atom is 0.294 e. The second kappa shape index (κ2) is 6.68. The van der Waals surface area contributed by atoms with Crippen molar-refractivity contribution >= 4 is 6.47 Å². The normalized spacial score (nSPS) is 20.7. The van der Waals surface area contributed by atoms with Crippen molar-refractivity contribution in [2.45, 2.75) is 32.1 Å².